The standard InChI is InChI=1S/C19H30O3/c1-15(2)5-4-6-16(3)9-10-20-14-17-7-8-18-19(13-17)22-12-11-21-18/h7-8,13,15-16H,4-6,9-12,14H2,1-3H3. The molecule has 0 aliphatic carbocycles. The van der Waals surface area contributed by atoms with Crippen LogP contribution in [0.15, 0.2) is 18.2 Å². The summed E-state index contributed by atoms with van der Waals surface area (Å²) >= 11 is 0. The fraction of sp³-hybridized carbons (Fsp3) is 0.684. The quantitative estimate of drug-likeness (QED) is 0.612. The summed E-state index contributed by atoms with van der Waals surface area (Å²) in [6.07, 6.45) is 5.12. The average Bonchev–Trinajstić information content (AvgIpc) is 2.51. The van der Waals surface area contributed by atoms with Crippen molar-refractivity contribution < 1.29 is 14.2 Å². The number of fused-ring (bicyclic) bond motifs is 1. The van der Waals surface area contributed by atoms with Crippen molar-refractivity contribution in [1.82, 2.24) is 0 Å². The lowest BCUT2D eigenvalue weighted by Crippen LogP contribution is -2.15. The van der Waals surface area contributed by atoms with Gasteiger partial charge in [0.25, 0.3) is 0 Å². The van der Waals surface area contributed by atoms with E-state index in [4.69, 9.17) is 14.2 Å². The van der Waals surface area contributed by atoms with Gasteiger partial charge in [0.1, 0.15) is 13.2 Å². The van der Waals surface area contributed by atoms with Crippen molar-refractivity contribution >= 4 is 0 Å². The van der Waals surface area contributed by atoms with Crippen LogP contribution >= 0.6 is 0 Å². The van der Waals surface area contributed by atoms with Crippen molar-refractivity contribution in [2.75, 3.05) is 19.8 Å². The molecule has 0 spiro atoms. The zero-order valence-corrected chi connectivity index (χ0v) is 14.3. The van der Waals surface area contributed by atoms with Crippen molar-refractivity contribution in [3.05, 3.63) is 23.8 Å². The van der Waals surface area contributed by atoms with E-state index in [2.05, 4.69) is 26.8 Å². The summed E-state index contributed by atoms with van der Waals surface area (Å²) in [5.41, 5.74) is 1.15. The normalized spacial score (nSPS) is 15.1. The van der Waals surface area contributed by atoms with Gasteiger partial charge < -0.3 is 14.2 Å². The Kier molecular flexibility index (Phi) is 7.04. The van der Waals surface area contributed by atoms with E-state index < -0.39 is 0 Å². The van der Waals surface area contributed by atoms with Crippen LogP contribution in [0.25, 0.3) is 0 Å². The highest BCUT2D eigenvalue weighted by Crippen LogP contribution is 2.30. The fourth-order valence-corrected chi connectivity index (χ4v) is 2.67. The number of ether oxygens (including phenoxy) is 3. The molecule has 1 unspecified atom stereocenters. The Morgan fingerprint density at radius 2 is 1.77 bits per heavy atom. The van der Waals surface area contributed by atoms with Gasteiger partial charge in [-0.05, 0) is 36.0 Å². The Labute approximate surface area is 135 Å². The van der Waals surface area contributed by atoms with Crippen molar-refractivity contribution in [1.29, 1.82) is 0 Å². The third kappa shape index (κ3) is 5.88. The number of hydrogen-bond acceptors (Lipinski definition) is 3. The maximum absolute atomic E-state index is 5.81. The molecule has 0 saturated heterocycles. The second-order valence-corrected chi connectivity index (χ2v) is 6.75. The summed E-state index contributed by atoms with van der Waals surface area (Å²) in [6, 6.07) is 6.06. The summed E-state index contributed by atoms with van der Waals surface area (Å²) in [5.74, 6) is 3.25. The number of hydrogen-bond donors (Lipinski definition) is 0. The Hall–Kier alpha value is -1.22. The van der Waals surface area contributed by atoms with E-state index >= 15 is 0 Å². The number of rotatable bonds is 9. The van der Waals surface area contributed by atoms with Crippen molar-refractivity contribution in [2.45, 2.75) is 53.1 Å². The summed E-state index contributed by atoms with van der Waals surface area (Å²) < 4.78 is 16.9. The van der Waals surface area contributed by atoms with Gasteiger partial charge in [0.15, 0.2) is 11.5 Å². The SMILES string of the molecule is CC(C)CCCC(C)CCOCc1ccc2c(c1)OCCO2. The Balaban J connectivity index is 1.62. The van der Waals surface area contributed by atoms with Crippen LogP contribution in [0.2, 0.25) is 0 Å². The van der Waals surface area contributed by atoms with Crippen LogP contribution in [0.3, 0.4) is 0 Å². The molecular formula is C19H30O3. The van der Waals surface area contributed by atoms with E-state index in [1.807, 2.05) is 12.1 Å². The van der Waals surface area contributed by atoms with E-state index in [-0.39, 0.29) is 0 Å². The molecule has 0 fully saturated rings. The molecule has 2 rings (SSSR count). The first-order valence-corrected chi connectivity index (χ1v) is 8.61. The minimum atomic E-state index is 0.630. The van der Waals surface area contributed by atoms with Gasteiger partial charge in [-0.15, -0.1) is 0 Å². The summed E-state index contributed by atoms with van der Waals surface area (Å²) in [4.78, 5) is 0. The molecule has 0 bridgehead atoms. The van der Waals surface area contributed by atoms with Crippen LogP contribution < -0.4 is 9.47 Å². The third-order valence-electron chi connectivity index (χ3n) is 4.11. The van der Waals surface area contributed by atoms with Crippen molar-refractivity contribution in [3.63, 3.8) is 0 Å². The smallest absolute Gasteiger partial charge is 0.161 e. The first-order chi connectivity index (χ1) is 10.6. The molecule has 3 heteroatoms. The molecule has 1 aromatic carbocycles. The third-order valence-corrected chi connectivity index (χ3v) is 4.11. The van der Waals surface area contributed by atoms with E-state index in [1.54, 1.807) is 0 Å². The lowest BCUT2D eigenvalue weighted by Gasteiger charge is -2.19. The highest BCUT2D eigenvalue weighted by atomic mass is 16.6. The Morgan fingerprint density at radius 3 is 2.55 bits per heavy atom. The van der Waals surface area contributed by atoms with Crippen LogP contribution in [0, 0.1) is 11.8 Å². The van der Waals surface area contributed by atoms with Gasteiger partial charge in [-0.25, -0.2) is 0 Å². The lowest BCUT2D eigenvalue weighted by atomic mass is 9.98. The van der Waals surface area contributed by atoms with Gasteiger partial charge in [0.2, 0.25) is 0 Å². The van der Waals surface area contributed by atoms with Gasteiger partial charge in [-0.1, -0.05) is 46.1 Å². The van der Waals surface area contributed by atoms with Gasteiger partial charge >= 0.3 is 0 Å². The first kappa shape index (κ1) is 17.1. The molecule has 3 nitrogen and oxygen atoms in total. The van der Waals surface area contributed by atoms with Crippen LogP contribution in [0.1, 0.15) is 52.0 Å². The lowest BCUT2D eigenvalue weighted by molar-refractivity contribution is 0.107. The summed E-state index contributed by atoms with van der Waals surface area (Å²) in [7, 11) is 0. The van der Waals surface area contributed by atoms with Gasteiger partial charge in [-0.2, -0.15) is 0 Å². The fourth-order valence-electron chi connectivity index (χ4n) is 2.67. The highest BCUT2D eigenvalue weighted by Gasteiger charge is 2.11. The van der Waals surface area contributed by atoms with Gasteiger partial charge in [-0.3, -0.25) is 0 Å². The van der Waals surface area contributed by atoms with Gasteiger partial charge in [0, 0.05) is 6.61 Å². The molecule has 1 atom stereocenters. The molecule has 1 aliphatic heterocycles. The minimum Gasteiger partial charge on any atom is -0.486 e. The largest absolute Gasteiger partial charge is 0.486 e. The first-order valence-electron chi connectivity index (χ1n) is 8.61. The minimum absolute atomic E-state index is 0.630. The molecule has 0 saturated carbocycles. The predicted octanol–water partition coefficient (Wildman–Crippen LogP) is 4.83. The van der Waals surface area contributed by atoms with Crippen LogP contribution in [0.5, 0.6) is 11.5 Å². The maximum atomic E-state index is 5.81. The molecular weight excluding hydrogens is 276 g/mol. The molecule has 0 amide bonds. The number of benzene rings is 1. The maximum Gasteiger partial charge on any atom is 0.161 e. The second-order valence-electron chi connectivity index (χ2n) is 6.75. The highest BCUT2D eigenvalue weighted by molar-refractivity contribution is 5.43. The van der Waals surface area contributed by atoms with Crippen molar-refractivity contribution in [3.8, 4) is 11.5 Å². The topological polar surface area (TPSA) is 27.7 Å². The summed E-state index contributed by atoms with van der Waals surface area (Å²) in [6.45, 7) is 9.66. The van der Waals surface area contributed by atoms with E-state index in [0.717, 1.165) is 41.9 Å². The molecule has 1 aromatic rings. The van der Waals surface area contributed by atoms with E-state index in [9.17, 15) is 0 Å². The zero-order chi connectivity index (χ0) is 15.8. The van der Waals surface area contributed by atoms with Crippen molar-refractivity contribution in [2.24, 2.45) is 11.8 Å². The van der Waals surface area contributed by atoms with E-state index in [0.29, 0.717) is 19.8 Å². The predicted molar refractivity (Wildman–Crippen MR) is 89.6 cm³/mol. The Bertz CT molecular complexity index is 442. The second kappa shape index (κ2) is 9.04. The average molecular weight is 306 g/mol. The molecule has 22 heavy (non-hydrogen) atoms. The van der Waals surface area contributed by atoms with Crippen LogP contribution in [-0.2, 0) is 11.3 Å². The zero-order valence-electron chi connectivity index (χ0n) is 14.3. The monoisotopic (exact) mass is 306 g/mol. The van der Waals surface area contributed by atoms with E-state index in [1.165, 1.54) is 19.3 Å². The molecule has 0 radical (unpaired) electrons. The van der Waals surface area contributed by atoms with Crippen LogP contribution in [0.4, 0.5) is 0 Å². The summed E-state index contributed by atoms with van der Waals surface area (Å²) in [5, 5.41) is 0. The molecule has 124 valence electrons. The van der Waals surface area contributed by atoms with Crippen LogP contribution in [-0.4, -0.2) is 19.8 Å². The Morgan fingerprint density at radius 1 is 1.00 bits per heavy atom. The molecule has 1 heterocycles. The molecule has 0 aromatic heterocycles. The molecule has 1 aliphatic rings. The van der Waals surface area contributed by atoms with Gasteiger partial charge in [0.05, 0.1) is 6.61 Å². The molecule has 0 N–H and O–H groups in total.